The SMILES string of the molecule is Cn1ncc(CNCC2(C)CC2(Cl)Cl)c1S(N)(=O)=O. The maximum atomic E-state index is 11.5. The molecule has 0 radical (unpaired) electrons. The molecular weight excluding hydrogens is 311 g/mol. The molecule has 6 nitrogen and oxygen atoms in total. The van der Waals surface area contributed by atoms with Crippen LogP contribution in [0.15, 0.2) is 11.2 Å². The first-order valence-electron chi connectivity index (χ1n) is 5.69. The average molecular weight is 327 g/mol. The largest absolute Gasteiger partial charge is 0.312 e. The minimum atomic E-state index is -3.79. The third-order valence-corrected chi connectivity index (χ3v) is 5.67. The van der Waals surface area contributed by atoms with Gasteiger partial charge < -0.3 is 5.32 Å². The van der Waals surface area contributed by atoms with Crippen LogP contribution in [-0.2, 0) is 23.6 Å². The Morgan fingerprint density at radius 1 is 1.58 bits per heavy atom. The Kier molecular flexibility index (Phi) is 3.64. The van der Waals surface area contributed by atoms with Crippen LogP contribution in [0, 0.1) is 5.41 Å². The summed E-state index contributed by atoms with van der Waals surface area (Å²) in [6.07, 6.45) is 2.20. The number of aryl methyl sites for hydroxylation is 1. The highest BCUT2D eigenvalue weighted by Gasteiger charge is 2.62. The number of nitrogens with zero attached hydrogens (tertiary/aromatic N) is 2. The van der Waals surface area contributed by atoms with Crippen LogP contribution in [0.3, 0.4) is 0 Å². The normalized spacial score (nSPS) is 25.5. The van der Waals surface area contributed by atoms with E-state index in [0.29, 0.717) is 25.1 Å². The molecule has 1 heterocycles. The second kappa shape index (κ2) is 4.60. The molecule has 1 fully saturated rings. The second-order valence-electron chi connectivity index (χ2n) is 5.19. The van der Waals surface area contributed by atoms with E-state index < -0.39 is 14.4 Å². The maximum Gasteiger partial charge on any atom is 0.255 e. The molecule has 1 aromatic heterocycles. The van der Waals surface area contributed by atoms with Gasteiger partial charge >= 0.3 is 0 Å². The summed E-state index contributed by atoms with van der Waals surface area (Å²) in [7, 11) is -2.25. The van der Waals surface area contributed by atoms with Crippen LogP contribution in [0.25, 0.3) is 0 Å². The highest BCUT2D eigenvalue weighted by Crippen LogP contribution is 2.63. The minimum absolute atomic E-state index is 0.0176. The number of nitrogens with two attached hydrogens (primary N) is 1. The van der Waals surface area contributed by atoms with Gasteiger partial charge in [0.15, 0.2) is 5.03 Å². The molecule has 0 spiro atoms. The Bertz CT molecular complexity index is 599. The molecule has 1 aromatic rings. The van der Waals surface area contributed by atoms with Crippen molar-refractivity contribution in [1.29, 1.82) is 0 Å². The van der Waals surface area contributed by atoms with E-state index in [1.807, 2.05) is 6.92 Å². The molecule has 1 unspecified atom stereocenters. The monoisotopic (exact) mass is 326 g/mol. The Labute approximate surface area is 122 Å². The summed E-state index contributed by atoms with van der Waals surface area (Å²) in [5.74, 6) is 0. The number of nitrogens with one attached hydrogen (secondary N) is 1. The average Bonchev–Trinajstić information content (AvgIpc) is 2.55. The fraction of sp³-hybridized carbons (Fsp3) is 0.700. The zero-order valence-electron chi connectivity index (χ0n) is 10.7. The molecule has 0 aromatic carbocycles. The number of sulfonamides is 1. The molecule has 1 aliphatic rings. The Morgan fingerprint density at radius 3 is 2.63 bits per heavy atom. The Morgan fingerprint density at radius 2 is 2.16 bits per heavy atom. The van der Waals surface area contributed by atoms with Crippen molar-refractivity contribution in [3.63, 3.8) is 0 Å². The number of rotatable bonds is 5. The van der Waals surface area contributed by atoms with Gasteiger partial charge in [-0.05, 0) is 6.42 Å². The minimum Gasteiger partial charge on any atom is -0.312 e. The van der Waals surface area contributed by atoms with Gasteiger partial charge in [-0.2, -0.15) is 5.10 Å². The van der Waals surface area contributed by atoms with E-state index in [9.17, 15) is 8.42 Å². The summed E-state index contributed by atoms with van der Waals surface area (Å²) >= 11 is 12.1. The van der Waals surface area contributed by atoms with Crippen molar-refractivity contribution in [3.05, 3.63) is 11.8 Å². The Hall–Kier alpha value is -0.340. The zero-order chi connectivity index (χ0) is 14.5. The van der Waals surface area contributed by atoms with Crippen molar-refractivity contribution >= 4 is 33.2 Å². The summed E-state index contributed by atoms with van der Waals surface area (Å²) in [6.45, 7) is 2.92. The lowest BCUT2D eigenvalue weighted by atomic mass is 10.1. The van der Waals surface area contributed by atoms with E-state index in [-0.39, 0.29) is 10.4 Å². The molecule has 2 rings (SSSR count). The quantitative estimate of drug-likeness (QED) is 0.781. The standard InChI is InChI=1S/C10H16Cl2N4O2S/c1-9(5-10(9,11)12)6-14-3-7-4-15-16(2)8(7)19(13,17)18/h4,14H,3,5-6H2,1-2H3,(H2,13,17,18). The summed E-state index contributed by atoms with van der Waals surface area (Å²) < 4.78 is 23.5. The smallest absolute Gasteiger partial charge is 0.255 e. The number of aromatic nitrogens is 2. The van der Waals surface area contributed by atoms with Crippen LogP contribution in [0.4, 0.5) is 0 Å². The lowest BCUT2D eigenvalue weighted by Gasteiger charge is -2.13. The summed E-state index contributed by atoms with van der Waals surface area (Å²) in [5, 5.41) is 12.2. The lowest BCUT2D eigenvalue weighted by molar-refractivity contribution is 0.490. The molecule has 0 aliphatic heterocycles. The summed E-state index contributed by atoms with van der Waals surface area (Å²) in [5.41, 5.74) is 0.351. The third-order valence-electron chi connectivity index (χ3n) is 3.43. The Balaban J connectivity index is 2.02. The zero-order valence-corrected chi connectivity index (χ0v) is 13.0. The third kappa shape index (κ3) is 2.90. The molecule has 9 heteroatoms. The molecule has 0 saturated heterocycles. The summed E-state index contributed by atoms with van der Waals surface area (Å²) in [4.78, 5) is 0. The van der Waals surface area contributed by atoms with E-state index in [0.717, 1.165) is 0 Å². The van der Waals surface area contributed by atoms with Crippen LogP contribution in [0.5, 0.6) is 0 Å². The second-order valence-corrected chi connectivity index (χ2v) is 8.15. The van der Waals surface area contributed by atoms with Crippen molar-refractivity contribution in [3.8, 4) is 0 Å². The van der Waals surface area contributed by atoms with Gasteiger partial charge in [-0.25, -0.2) is 13.6 Å². The van der Waals surface area contributed by atoms with Gasteiger partial charge in [0.05, 0.1) is 6.20 Å². The van der Waals surface area contributed by atoms with Gasteiger partial charge in [0.25, 0.3) is 10.0 Å². The fourth-order valence-corrected chi connectivity index (χ4v) is 3.70. The molecule has 3 N–H and O–H groups in total. The molecule has 0 bridgehead atoms. The first kappa shape index (κ1) is 15.1. The van der Waals surface area contributed by atoms with Crippen LogP contribution in [-0.4, -0.2) is 29.1 Å². The molecule has 1 saturated carbocycles. The fourth-order valence-electron chi connectivity index (χ4n) is 2.07. The van der Waals surface area contributed by atoms with Crippen LogP contribution in [0.2, 0.25) is 0 Å². The molecule has 0 amide bonds. The van der Waals surface area contributed by atoms with Crippen LogP contribution < -0.4 is 10.5 Å². The van der Waals surface area contributed by atoms with Crippen LogP contribution in [0.1, 0.15) is 18.9 Å². The highest BCUT2D eigenvalue weighted by atomic mass is 35.5. The number of alkyl halides is 2. The number of hydrogen-bond donors (Lipinski definition) is 2. The first-order valence-corrected chi connectivity index (χ1v) is 7.99. The van der Waals surface area contributed by atoms with E-state index in [4.69, 9.17) is 28.3 Å². The molecule has 1 atom stereocenters. The van der Waals surface area contributed by atoms with E-state index in [1.54, 1.807) is 0 Å². The molecule has 108 valence electrons. The van der Waals surface area contributed by atoms with Gasteiger partial charge in [0.1, 0.15) is 4.33 Å². The van der Waals surface area contributed by atoms with Gasteiger partial charge in [-0.3, -0.25) is 4.68 Å². The first-order chi connectivity index (χ1) is 8.57. The van der Waals surface area contributed by atoms with Gasteiger partial charge in [0, 0.05) is 31.1 Å². The number of halogens is 2. The highest BCUT2D eigenvalue weighted by molar-refractivity contribution is 7.89. The predicted octanol–water partition coefficient (Wildman–Crippen LogP) is 0.741. The van der Waals surface area contributed by atoms with Crippen molar-refractivity contribution in [1.82, 2.24) is 15.1 Å². The van der Waals surface area contributed by atoms with E-state index in [2.05, 4.69) is 10.4 Å². The van der Waals surface area contributed by atoms with Gasteiger partial charge in [-0.15, -0.1) is 23.2 Å². The number of hydrogen-bond acceptors (Lipinski definition) is 4. The van der Waals surface area contributed by atoms with Gasteiger partial charge in [0.2, 0.25) is 0 Å². The summed E-state index contributed by atoms with van der Waals surface area (Å²) in [6, 6.07) is 0. The predicted molar refractivity (Wildman–Crippen MR) is 73.4 cm³/mol. The van der Waals surface area contributed by atoms with E-state index in [1.165, 1.54) is 17.9 Å². The van der Waals surface area contributed by atoms with Gasteiger partial charge in [-0.1, -0.05) is 6.92 Å². The van der Waals surface area contributed by atoms with E-state index >= 15 is 0 Å². The van der Waals surface area contributed by atoms with Crippen molar-refractivity contribution < 1.29 is 8.42 Å². The lowest BCUT2D eigenvalue weighted by Crippen LogP contribution is -2.26. The topological polar surface area (TPSA) is 90.0 Å². The maximum absolute atomic E-state index is 11.5. The van der Waals surface area contributed by atoms with Crippen LogP contribution >= 0.6 is 23.2 Å². The van der Waals surface area contributed by atoms with Crippen molar-refractivity contribution in [2.75, 3.05) is 6.54 Å². The van der Waals surface area contributed by atoms with Crippen molar-refractivity contribution in [2.45, 2.75) is 29.2 Å². The van der Waals surface area contributed by atoms with Crippen molar-refractivity contribution in [2.24, 2.45) is 17.6 Å². The number of primary sulfonamides is 1. The molecule has 19 heavy (non-hydrogen) atoms. The molecular formula is C10H16Cl2N4O2S. The molecule has 1 aliphatic carbocycles.